The van der Waals surface area contributed by atoms with Crippen LogP contribution in [0.1, 0.15) is 57.4 Å². The predicted octanol–water partition coefficient (Wildman–Crippen LogP) is 3.56. The maximum Gasteiger partial charge on any atom is 0.191 e. The Kier molecular flexibility index (Phi) is 10.8. The fourth-order valence-corrected chi connectivity index (χ4v) is 4.50. The van der Waals surface area contributed by atoms with E-state index in [9.17, 15) is 0 Å². The summed E-state index contributed by atoms with van der Waals surface area (Å²) in [6.45, 7) is 15.2. The zero-order valence-corrected chi connectivity index (χ0v) is 18.4. The van der Waals surface area contributed by atoms with Crippen LogP contribution in [0.25, 0.3) is 0 Å². The lowest BCUT2D eigenvalue weighted by Gasteiger charge is -2.25. The maximum atomic E-state index is 4.93. The van der Waals surface area contributed by atoms with Crippen LogP contribution in [0.15, 0.2) is 22.5 Å². The second kappa shape index (κ2) is 13.1. The molecule has 2 heterocycles. The van der Waals surface area contributed by atoms with Crippen LogP contribution in [0.2, 0.25) is 0 Å². The maximum absolute atomic E-state index is 4.93. The first-order valence-electron chi connectivity index (χ1n) is 10.8. The Morgan fingerprint density at radius 2 is 1.96 bits per heavy atom. The summed E-state index contributed by atoms with van der Waals surface area (Å²) in [5, 5.41) is 9.12. The van der Waals surface area contributed by atoms with Gasteiger partial charge in [-0.25, -0.2) is 0 Å². The van der Waals surface area contributed by atoms with E-state index < -0.39 is 0 Å². The predicted molar refractivity (Wildman–Crippen MR) is 119 cm³/mol. The van der Waals surface area contributed by atoms with Gasteiger partial charge in [-0.1, -0.05) is 19.9 Å². The summed E-state index contributed by atoms with van der Waals surface area (Å²) in [5.74, 6) is 0.959. The second-order valence-corrected chi connectivity index (χ2v) is 8.13. The fourth-order valence-electron chi connectivity index (χ4n) is 3.65. The summed E-state index contributed by atoms with van der Waals surface area (Å²) in [7, 11) is 0. The number of hydrogen-bond acceptors (Lipinski definition) is 4. The molecule has 6 heteroatoms. The van der Waals surface area contributed by atoms with Crippen LogP contribution < -0.4 is 10.6 Å². The van der Waals surface area contributed by atoms with Gasteiger partial charge in [0.1, 0.15) is 0 Å². The highest BCUT2D eigenvalue weighted by Gasteiger charge is 2.24. The van der Waals surface area contributed by atoms with Crippen LogP contribution in [0.3, 0.4) is 0 Å². The van der Waals surface area contributed by atoms with E-state index in [1.54, 1.807) is 0 Å². The van der Waals surface area contributed by atoms with Crippen molar-refractivity contribution in [1.82, 2.24) is 20.4 Å². The molecule has 1 aliphatic rings. The first kappa shape index (κ1) is 22.2. The van der Waals surface area contributed by atoms with Gasteiger partial charge in [0.2, 0.25) is 0 Å². The molecule has 1 aromatic heterocycles. The number of unbranched alkanes of at least 4 members (excludes halogenated alkanes) is 1. The highest BCUT2D eigenvalue weighted by atomic mass is 32.1. The van der Waals surface area contributed by atoms with Crippen LogP contribution in [0.5, 0.6) is 0 Å². The second-order valence-electron chi connectivity index (χ2n) is 7.15. The third-order valence-corrected chi connectivity index (χ3v) is 6.28. The van der Waals surface area contributed by atoms with Crippen molar-refractivity contribution in [3.8, 4) is 0 Å². The molecule has 0 bridgehead atoms. The lowest BCUT2D eigenvalue weighted by Crippen LogP contribution is -2.39. The van der Waals surface area contributed by atoms with E-state index in [1.807, 2.05) is 11.3 Å². The SMILES string of the molecule is CCNC(=NCC(c1cccs1)N1CCCC1)NCCCCN(CC)CC. The minimum atomic E-state index is 0.422. The molecule has 0 radical (unpaired) electrons. The average molecular weight is 394 g/mol. The molecular formula is C21H39N5S. The summed E-state index contributed by atoms with van der Waals surface area (Å²) >= 11 is 1.86. The van der Waals surface area contributed by atoms with Gasteiger partial charge in [-0.2, -0.15) is 0 Å². The van der Waals surface area contributed by atoms with Crippen molar-refractivity contribution < 1.29 is 0 Å². The van der Waals surface area contributed by atoms with Crippen molar-refractivity contribution >= 4 is 17.3 Å². The van der Waals surface area contributed by atoms with Gasteiger partial charge in [-0.3, -0.25) is 9.89 Å². The normalized spacial score (nSPS) is 16.8. The fraction of sp³-hybridized carbons (Fsp3) is 0.762. The topological polar surface area (TPSA) is 42.9 Å². The zero-order chi connectivity index (χ0) is 19.3. The summed E-state index contributed by atoms with van der Waals surface area (Å²) in [4.78, 5) is 11.5. The molecule has 0 spiro atoms. The van der Waals surface area contributed by atoms with E-state index >= 15 is 0 Å². The number of rotatable bonds is 12. The Balaban J connectivity index is 1.83. The first-order chi connectivity index (χ1) is 13.3. The lowest BCUT2D eigenvalue weighted by molar-refractivity contribution is 0.255. The van der Waals surface area contributed by atoms with E-state index in [0.29, 0.717) is 6.04 Å². The van der Waals surface area contributed by atoms with Crippen molar-refractivity contribution in [2.45, 2.75) is 52.5 Å². The van der Waals surface area contributed by atoms with Gasteiger partial charge < -0.3 is 15.5 Å². The first-order valence-corrected chi connectivity index (χ1v) is 11.7. The van der Waals surface area contributed by atoms with Crippen LogP contribution >= 0.6 is 11.3 Å². The summed E-state index contributed by atoms with van der Waals surface area (Å²) in [5.41, 5.74) is 0. The number of nitrogens with zero attached hydrogens (tertiary/aromatic N) is 3. The van der Waals surface area contributed by atoms with Crippen molar-refractivity contribution in [3.63, 3.8) is 0 Å². The third-order valence-electron chi connectivity index (χ3n) is 5.31. The smallest absolute Gasteiger partial charge is 0.191 e. The molecule has 1 aliphatic heterocycles. The van der Waals surface area contributed by atoms with Crippen molar-refractivity contribution in [2.75, 3.05) is 52.4 Å². The van der Waals surface area contributed by atoms with Gasteiger partial charge >= 0.3 is 0 Å². The number of aliphatic imine (C=N–C) groups is 1. The van der Waals surface area contributed by atoms with Gasteiger partial charge in [-0.05, 0) is 76.8 Å². The third kappa shape index (κ3) is 7.80. The molecule has 27 heavy (non-hydrogen) atoms. The largest absolute Gasteiger partial charge is 0.357 e. The van der Waals surface area contributed by atoms with Crippen molar-refractivity contribution in [1.29, 1.82) is 0 Å². The average Bonchev–Trinajstić information content (AvgIpc) is 3.39. The van der Waals surface area contributed by atoms with Gasteiger partial charge in [0.15, 0.2) is 5.96 Å². The van der Waals surface area contributed by atoms with E-state index in [1.165, 1.54) is 50.2 Å². The Hall–Kier alpha value is -1.11. The lowest BCUT2D eigenvalue weighted by atomic mass is 10.2. The van der Waals surface area contributed by atoms with Crippen LogP contribution in [0, 0.1) is 0 Å². The molecule has 5 nitrogen and oxygen atoms in total. The summed E-state index contributed by atoms with van der Waals surface area (Å²) < 4.78 is 0. The number of thiophene rings is 1. The molecule has 2 N–H and O–H groups in total. The number of nitrogens with one attached hydrogen (secondary N) is 2. The van der Waals surface area contributed by atoms with Crippen LogP contribution in [-0.4, -0.2) is 68.1 Å². The molecule has 1 aromatic rings. The van der Waals surface area contributed by atoms with Crippen LogP contribution in [-0.2, 0) is 0 Å². The minimum Gasteiger partial charge on any atom is -0.357 e. The molecule has 2 rings (SSSR count). The molecule has 1 atom stereocenters. The van der Waals surface area contributed by atoms with E-state index in [-0.39, 0.29) is 0 Å². The minimum absolute atomic E-state index is 0.422. The van der Waals surface area contributed by atoms with Gasteiger partial charge in [0.25, 0.3) is 0 Å². The molecule has 0 saturated carbocycles. The molecule has 0 amide bonds. The molecule has 0 aromatic carbocycles. The Morgan fingerprint density at radius 1 is 1.19 bits per heavy atom. The Morgan fingerprint density at radius 3 is 2.59 bits per heavy atom. The summed E-state index contributed by atoms with van der Waals surface area (Å²) in [6.07, 6.45) is 5.05. The number of hydrogen-bond donors (Lipinski definition) is 2. The molecule has 1 saturated heterocycles. The molecule has 1 unspecified atom stereocenters. The van der Waals surface area contributed by atoms with Crippen molar-refractivity contribution in [2.24, 2.45) is 4.99 Å². The van der Waals surface area contributed by atoms with Gasteiger partial charge in [-0.15, -0.1) is 11.3 Å². The van der Waals surface area contributed by atoms with Crippen molar-refractivity contribution in [3.05, 3.63) is 22.4 Å². The van der Waals surface area contributed by atoms with Gasteiger partial charge in [0.05, 0.1) is 12.6 Å². The monoisotopic (exact) mass is 393 g/mol. The molecule has 1 fully saturated rings. The summed E-state index contributed by atoms with van der Waals surface area (Å²) in [6, 6.07) is 4.84. The zero-order valence-electron chi connectivity index (χ0n) is 17.5. The Bertz CT molecular complexity index is 507. The molecule has 0 aliphatic carbocycles. The van der Waals surface area contributed by atoms with E-state index in [4.69, 9.17) is 4.99 Å². The highest BCUT2D eigenvalue weighted by Crippen LogP contribution is 2.28. The van der Waals surface area contributed by atoms with E-state index in [0.717, 1.165) is 38.7 Å². The number of guanidine groups is 1. The molecule has 154 valence electrons. The quantitative estimate of drug-likeness (QED) is 0.324. The van der Waals surface area contributed by atoms with E-state index in [2.05, 4.69) is 58.7 Å². The Labute approximate surface area is 170 Å². The van der Waals surface area contributed by atoms with Gasteiger partial charge in [0, 0.05) is 18.0 Å². The number of likely N-dealkylation sites (tertiary alicyclic amines) is 1. The molecular weight excluding hydrogens is 354 g/mol. The van der Waals surface area contributed by atoms with Crippen LogP contribution in [0.4, 0.5) is 0 Å². The standard InChI is InChI=1S/C21H39N5S/c1-4-22-21(23-13-7-8-14-25(5-2)6-3)24-18-19(20-12-11-17-27-20)26-15-9-10-16-26/h11-12,17,19H,4-10,13-16,18H2,1-3H3,(H2,22,23,24). The highest BCUT2D eigenvalue weighted by molar-refractivity contribution is 7.10.